The minimum Gasteiger partial charge on any atom is -0.350 e. The van der Waals surface area contributed by atoms with Crippen LogP contribution in [0.15, 0.2) is 60.7 Å². The Hall–Kier alpha value is -3.41. The Morgan fingerprint density at radius 1 is 0.967 bits per heavy atom. The molecule has 3 amide bonds. The van der Waals surface area contributed by atoms with Gasteiger partial charge in [0.05, 0.1) is 0 Å². The summed E-state index contributed by atoms with van der Waals surface area (Å²) < 4.78 is 0. The molecule has 2 aromatic rings. The topological polar surface area (TPSA) is 87.3 Å². The fourth-order valence-electron chi connectivity index (χ4n) is 2.64. The highest BCUT2D eigenvalue weighted by Crippen LogP contribution is 2.06. The molecule has 0 radical (unpaired) electrons. The van der Waals surface area contributed by atoms with Crippen molar-refractivity contribution in [2.45, 2.75) is 45.8 Å². The molecule has 2 aromatic carbocycles. The van der Waals surface area contributed by atoms with Crippen LogP contribution in [0.3, 0.4) is 0 Å². The maximum atomic E-state index is 12.3. The van der Waals surface area contributed by atoms with Crippen LogP contribution in [-0.4, -0.2) is 29.8 Å². The largest absolute Gasteiger partial charge is 0.350 e. The van der Waals surface area contributed by atoms with Gasteiger partial charge in [0.2, 0.25) is 11.8 Å². The fourth-order valence-corrected chi connectivity index (χ4v) is 2.64. The normalized spacial score (nSPS) is 12.8. The Kier molecular flexibility index (Phi) is 8.81. The third-order valence-electron chi connectivity index (χ3n) is 4.62. The van der Waals surface area contributed by atoms with E-state index in [1.165, 1.54) is 6.08 Å². The lowest BCUT2D eigenvalue weighted by Crippen LogP contribution is -2.44. The molecule has 2 atom stereocenters. The quantitative estimate of drug-likeness (QED) is 0.559. The van der Waals surface area contributed by atoms with Crippen molar-refractivity contribution in [2.24, 2.45) is 0 Å². The van der Waals surface area contributed by atoms with Crippen LogP contribution < -0.4 is 16.0 Å². The number of amides is 3. The molecule has 0 saturated heterocycles. The smallest absolute Gasteiger partial charge is 0.251 e. The van der Waals surface area contributed by atoms with Crippen molar-refractivity contribution in [3.8, 4) is 0 Å². The van der Waals surface area contributed by atoms with Gasteiger partial charge in [-0.1, -0.05) is 49.4 Å². The monoisotopic (exact) mass is 407 g/mol. The first-order valence-electron chi connectivity index (χ1n) is 10.1. The van der Waals surface area contributed by atoms with Gasteiger partial charge in [-0.05, 0) is 49.6 Å². The molecule has 0 fully saturated rings. The second kappa shape index (κ2) is 11.6. The van der Waals surface area contributed by atoms with Gasteiger partial charge in [0, 0.05) is 24.2 Å². The van der Waals surface area contributed by atoms with E-state index in [0.717, 1.165) is 17.5 Å². The van der Waals surface area contributed by atoms with Gasteiger partial charge in [-0.3, -0.25) is 14.4 Å². The van der Waals surface area contributed by atoms with Gasteiger partial charge in [-0.15, -0.1) is 0 Å². The first-order chi connectivity index (χ1) is 14.4. The minimum atomic E-state index is -0.685. The molecule has 0 saturated carbocycles. The first kappa shape index (κ1) is 22.9. The Morgan fingerprint density at radius 2 is 1.70 bits per heavy atom. The summed E-state index contributed by atoms with van der Waals surface area (Å²) in [6.07, 6.45) is 3.94. The van der Waals surface area contributed by atoms with Gasteiger partial charge in [0.15, 0.2) is 0 Å². The molecule has 0 spiro atoms. The van der Waals surface area contributed by atoms with E-state index in [0.29, 0.717) is 5.56 Å². The molecule has 6 nitrogen and oxygen atoms in total. The van der Waals surface area contributed by atoms with Crippen LogP contribution in [0.4, 0.5) is 0 Å². The van der Waals surface area contributed by atoms with Crippen LogP contribution in [0.25, 0.3) is 6.08 Å². The van der Waals surface area contributed by atoms with E-state index in [-0.39, 0.29) is 30.3 Å². The molecule has 2 rings (SSSR count). The molecule has 0 aliphatic heterocycles. The fraction of sp³-hybridized carbons (Fsp3) is 0.292. The highest BCUT2D eigenvalue weighted by Gasteiger charge is 2.14. The number of rotatable bonds is 9. The van der Waals surface area contributed by atoms with E-state index in [1.54, 1.807) is 31.2 Å². The summed E-state index contributed by atoms with van der Waals surface area (Å²) in [5.74, 6) is -0.778. The molecule has 3 N–H and O–H groups in total. The standard InChI is InChI=1S/C24H29N3O3/c1-4-17(2)26-24(30)21-12-8-11-20(15-21)16-25-23(29)18(3)27-22(28)14-13-19-9-6-5-7-10-19/h5-15,17-18H,4,16H2,1-3H3,(H,25,29)(H,26,30)(H,27,28). The molecule has 2 unspecified atom stereocenters. The molecular weight excluding hydrogens is 378 g/mol. The number of carbonyl (C=O) groups excluding carboxylic acids is 3. The van der Waals surface area contributed by atoms with Crippen LogP contribution in [-0.2, 0) is 16.1 Å². The van der Waals surface area contributed by atoms with Crippen molar-refractivity contribution in [2.75, 3.05) is 0 Å². The van der Waals surface area contributed by atoms with Crippen LogP contribution in [0, 0.1) is 0 Å². The van der Waals surface area contributed by atoms with E-state index in [2.05, 4.69) is 16.0 Å². The molecule has 0 bridgehead atoms. The molecular formula is C24H29N3O3. The summed E-state index contributed by atoms with van der Waals surface area (Å²) in [7, 11) is 0. The Morgan fingerprint density at radius 3 is 2.40 bits per heavy atom. The van der Waals surface area contributed by atoms with Gasteiger partial charge in [0.1, 0.15) is 6.04 Å². The minimum absolute atomic E-state index is 0.0984. The van der Waals surface area contributed by atoms with Crippen molar-refractivity contribution in [1.82, 2.24) is 16.0 Å². The van der Waals surface area contributed by atoms with Gasteiger partial charge in [-0.2, -0.15) is 0 Å². The summed E-state index contributed by atoms with van der Waals surface area (Å²) in [5.41, 5.74) is 2.26. The average molecular weight is 408 g/mol. The highest BCUT2D eigenvalue weighted by molar-refractivity contribution is 5.95. The lowest BCUT2D eigenvalue weighted by molar-refractivity contribution is -0.126. The Balaban J connectivity index is 1.84. The van der Waals surface area contributed by atoms with Gasteiger partial charge < -0.3 is 16.0 Å². The second-order valence-electron chi connectivity index (χ2n) is 7.18. The number of hydrogen-bond donors (Lipinski definition) is 3. The van der Waals surface area contributed by atoms with Crippen molar-refractivity contribution < 1.29 is 14.4 Å². The van der Waals surface area contributed by atoms with E-state index in [4.69, 9.17) is 0 Å². The zero-order valence-corrected chi connectivity index (χ0v) is 17.6. The van der Waals surface area contributed by atoms with E-state index >= 15 is 0 Å². The summed E-state index contributed by atoms with van der Waals surface area (Å²) in [6.45, 7) is 5.85. The lowest BCUT2D eigenvalue weighted by atomic mass is 10.1. The zero-order chi connectivity index (χ0) is 21.9. The van der Waals surface area contributed by atoms with Crippen LogP contribution in [0.2, 0.25) is 0 Å². The maximum Gasteiger partial charge on any atom is 0.251 e. The van der Waals surface area contributed by atoms with Crippen LogP contribution >= 0.6 is 0 Å². The summed E-state index contributed by atoms with van der Waals surface area (Å²) in [5, 5.41) is 8.35. The zero-order valence-electron chi connectivity index (χ0n) is 17.6. The van der Waals surface area contributed by atoms with Crippen molar-refractivity contribution in [1.29, 1.82) is 0 Å². The number of carbonyl (C=O) groups is 3. The maximum absolute atomic E-state index is 12.3. The van der Waals surface area contributed by atoms with E-state index in [1.807, 2.05) is 50.2 Å². The molecule has 6 heteroatoms. The summed E-state index contributed by atoms with van der Waals surface area (Å²) in [4.78, 5) is 36.6. The first-order valence-corrected chi connectivity index (χ1v) is 10.1. The Labute approximate surface area is 177 Å². The second-order valence-corrected chi connectivity index (χ2v) is 7.18. The SMILES string of the molecule is CCC(C)NC(=O)c1cccc(CNC(=O)C(C)NC(=O)C=Cc2ccccc2)c1. The van der Waals surface area contributed by atoms with Gasteiger partial charge in [0.25, 0.3) is 5.91 Å². The van der Waals surface area contributed by atoms with Crippen LogP contribution in [0.1, 0.15) is 48.7 Å². The average Bonchev–Trinajstić information content (AvgIpc) is 2.76. The third kappa shape index (κ3) is 7.54. The molecule has 0 aliphatic carbocycles. The molecule has 30 heavy (non-hydrogen) atoms. The number of benzene rings is 2. The van der Waals surface area contributed by atoms with Crippen molar-refractivity contribution in [3.05, 3.63) is 77.4 Å². The predicted octanol–water partition coefficient (Wildman–Crippen LogP) is 3.05. The summed E-state index contributed by atoms with van der Waals surface area (Å²) >= 11 is 0. The molecule has 0 aromatic heterocycles. The number of hydrogen-bond acceptors (Lipinski definition) is 3. The lowest BCUT2D eigenvalue weighted by Gasteiger charge is -2.14. The summed E-state index contributed by atoms with van der Waals surface area (Å²) in [6, 6.07) is 16.0. The third-order valence-corrected chi connectivity index (χ3v) is 4.62. The highest BCUT2D eigenvalue weighted by atomic mass is 16.2. The van der Waals surface area contributed by atoms with Crippen molar-refractivity contribution >= 4 is 23.8 Å². The predicted molar refractivity (Wildman–Crippen MR) is 119 cm³/mol. The van der Waals surface area contributed by atoms with Gasteiger partial charge in [-0.25, -0.2) is 0 Å². The molecule has 158 valence electrons. The molecule has 0 aliphatic rings. The van der Waals surface area contributed by atoms with E-state index < -0.39 is 6.04 Å². The van der Waals surface area contributed by atoms with Crippen LogP contribution in [0.5, 0.6) is 0 Å². The van der Waals surface area contributed by atoms with Crippen molar-refractivity contribution in [3.63, 3.8) is 0 Å². The van der Waals surface area contributed by atoms with Gasteiger partial charge >= 0.3 is 0 Å². The Bertz CT molecular complexity index is 894. The molecule has 0 heterocycles. The number of nitrogens with one attached hydrogen (secondary N) is 3. The van der Waals surface area contributed by atoms with E-state index in [9.17, 15) is 14.4 Å².